The number of rotatable bonds is 5. The second kappa shape index (κ2) is 6.76. The van der Waals surface area contributed by atoms with Crippen molar-refractivity contribution in [3.8, 4) is 5.75 Å². The molecule has 22 heavy (non-hydrogen) atoms. The van der Waals surface area contributed by atoms with Crippen LogP contribution in [0.25, 0.3) is 0 Å². The Morgan fingerprint density at radius 3 is 2.00 bits per heavy atom. The Balaban J connectivity index is 2.03. The number of hydrogen-bond donors (Lipinski definition) is 2. The summed E-state index contributed by atoms with van der Waals surface area (Å²) in [4.78, 5) is 22.9. The monoisotopic (exact) mass is 299 g/mol. The maximum atomic E-state index is 12.1. The van der Waals surface area contributed by atoms with E-state index in [0.29, 0.717) is 17.0 Å². The van der Waals surface area contributed by atoms with Gasteiger partial charge in [-0.2, -0.15) is 0 Å². The number of nitrogens with one attached hydrogen (secondary N) is 1. The summed E-state index contributed by atoms with van der Waals surface area (Å²) < 4.78 is 5.52. The molecule has 5 heteroatoms. The third-order valence-electron chi connectivity index (χ3n) is 2.88. The molecular formula is C17H17NO4. The molecule has 0 saturated carbocycles. The topological polar surface area (TPSA) is 75.6 Å². The van der Waals surface area contributed by atoms with E-state index in [-0.39, 0.29) is 17.6 Å². The first-order valence-electron chi connectivity index (χ1n) is 6.87. The van der Waals surface area contributed by atoms with Gasteiger partial charge in [0.05, 0.1) is 11.7 Å². The van der Waals surface area contributed by atoms with Crippen LogP contribution in [0.3, 0.4) is 0 Å². The van der Waals surface area contributed by atoms with Gasteiger partial charge in [0.2, 0.25) is 0 Å². The highest BCUT2D eigenvalue weighted by atomic mass is 16.5. The fraction of sp³-hybridized carbons (Fsp3) is 0.176. The van der Waals surface area contributed by atoms with E-state index in [4.69, 9.17) is 9.84 Å². The molecule has 1 amide bonds. The molecular weight excluding hydrogens is 282 g/mol. The molecule has 0 aromatic heterocycles. The van der Waals surface area contributed by atoms with Crippen LogP contribution in [0.5, 0.6) is 5.75 Å². The molecule has 0 aliphatic rings. The number of carbonyl (C=O) groups excluding carboxylic acids is 1. The largest absolute Gasteiger partial charge is 0.491 e. The Morgan fingerprint density at radius 2 is 1.50 bits per heavy atom. The number of ether oxygens (including phenoxy) is 1. The molecule has 5 nitrogen and oxygen atoms in total. The normalized spacial score (nSPS) is 10.3. The summed E-state index contributed by atoms with van der Waals surface area (Å²) in [5.41, 5.74) is 1.21. The van der Waals surface area contributed by atoms with E-state index in [1.54, 1.807) is 36.4 Å². The van der Waals surface area contributed by atoms with Gasteiger partial charge >= 0.3 is 5.97 Å². The summed E-state index contributed by atoms with van der Waals surface area (Å²) in [6.45, 7) is 3.86. The molecule has 0 heterocycles. The molecule has 0 saturated heterocycles. The zero-order chi connectivity index (χ0) is 16.1. The molecule has 0 fully saturated rings. The van der Waals surface area contributed by atoms with E-state index in [1.165, 1.54) is 12.1 Å². The smallest absolute Gasteiger partial charge is 0.335 e. The predicted molar refractivity (Wildman–Crippen MR) is 83.6 cm³/mol. The summed E-state index contributed by atoms with van der Waals surface area (Å²) >= 11 is 0. The molecule has 2 rings (SSSR count). The van der Waals surface area contributed by atoms with Gasteiger partial charge in [-0.3, -0.25) is 4.79 Å². The van der Waals surface area contributed by atoms with Crippen LogP contribution in [0, 0.1) is 0 Å². The minimum Gasteiger partial charge on any atom is -0.491 e. The minimum absolute atomic E-state index is 0.0763. The van der Waals surface area contributed by atoms with Crippen molar-refractivity contribution in [3.63, 3.8) is 0 Å². The molecule has 0 unspecified atom stereocenters. The Kier molecular flexibility index (Phi) is 4.78. The highest BCUT2D eigenvalue weighted by Crippen LogP contribution is 2.16. The second-order valence-corrected chi connectivity index (χ2v) is 5.03. The lowest BCUT2D eigenvalue weighted by Gasteiger charge is -2.10. The molecule has 0 atom stereocenters. The van der Waals surface area contributed by atoms with Crippen LogP contribution >= 0.6 is 0 Å². The van der Waals surface area contributed by atoms with Gasteiger partial charge in [-0.1, -0.05) is 0 Å². The fourth-order valence-corrected chi connectivity index (χ4v) is 1.86. The summed E-state index contributed by atoms with van der Waals surface area (Å²) in [7, 11) is 0. The first-order valence-corrected chi connectivity index (χ1v) is 6.87. The number of carbonyl (C=O) groups is 2. The van der Waals surface area contributed by atoms with Crippen molar-refractivity contribution in [2.45, 2.75) is 20.0 Å². The summed E-state index contributed by atoms with van der Waals surface area (Å²) in [5, 5.41) is 11.5. The molecule has 2 aromatic carbocycles. The number of carboxylic acid groups (broad SMARTS) is 1. The Hall–Kier alpha value is -2.82. The number of anilines is 1. The van der Waals surface area contributed by atoms with Gasteiger partial charge in [-0.25, -0.2) is 4.79 Å². The number of hydrogen-bond acceptors (Lipinski definition) is 3. The van der Waals surface area contributed by atoms with Crippen molar-refractivity contribution in [1.29, 1.82) is 0 Å². The van der Waals surface area contributed by atoms with Gasteiger partial charge in [0, 0.05) is 11.3 Å². The van der Waals surface area contributed by atoms with E-state index in [0.717, 1.165) is 0 Å². The summed E-state index contributed by atoms with van der Waals surface area (Å²) in [5.74, 6) is -0.560. The van der Waals surface area contributed by atoms with Crippen LogP contribution in [0.15, 0.2) is 48.5 Å². The molecule has 0 spiro atoms. The number of carboxylic acids is 1. The fourth-order valence-electron chi connectivity index (χ4n) is 1.86. The Bertz CT molecular complexity index is 660. The lowest BCUT2D eigenvalue weighted by atomic mass is 10.1. The quantitative estimate of drug-likeness (QED) is 0.887. The van der Waals surface area contributed by atoms with Crippen LogP contribution in [0.2, 0.25) is 0 Å². The van der Waals surface area contributed by atoms with E-state index in [1.807, 2.05) is 13.8 Å². The van der Waals surface area contributed by atoms with Crippen LogP contribution in [0.1, 0.15) is 34.6 Å². The van der Waals surface area contributed by atoms with Gasteiger partial charge in [0.1, 0.15) is 5.75 Å². The van der Waals surface area contributed by atoms with Crippen molar-refractivity contribution in [2.75, 3.05) is 5.32 Å². The van der Waals surface area contributed by atoms with Crippen LogP contribution in [-0.4, -0.2) is 23.1 Å². The lowest BCUT2D eigenvalue weighted by molar-refractivity contribution is 0.0696. The van der Waals surface area contributed by atoms with Gasteiger partial charge in [-0.15, -0.1) is 0 Å². The summed E-state index contributed by atoms with van der Waals surface area (Å²) in [6.07, 6.45) is 0.0763. The zero-order valence-corrected chi connectivity index (χ0v) is 12.4. The average Bonchev–Trinajstić information content (AvgIpc) is 2.48. The number of amides is 1. The van der Waals surface area contributed by atoms with Crippen molar-refractivity contribution < 1.29 is 19.4 Å². The zero-order valence-electron chi connectivity index (χ0n) is 12.4. The molecule has 0 aliphatic carbocycles. The maximum absolute atomic E-state index is 12.1. The number of aromatic carboxylic acids is 1. The van der Waals surface area contributed by atoms with Crippen molar-refractivity contribution >= 4 is 17.6 Å². The van der Waals surface area contributed by atoms with E-state index < -0.39 is 5.97 Å². The molecule has 2 N–H and O–H groups in total. The molecule has 2 aromatic rings. The molecule has 114 valence electrons. The first kappa shape index (κ1) is 15.6. The second-order valence-electron chi connectivity index (χ2n) is 5.03. The van der Waals surface area contributed by atoms with Gasteiger partial charge < -0.3 is 15.2 Å². The van der Waals surface area contributed by atoms with E-state index >= 15 is 0 Å². The first-order chi connectivity index (χ1) is 10.5. The molecule has 0 radical (unpaired) electrons. The van der Waals surface area contributed by atoms with E-state index in [9.17, 15) is 9.59 Å². The SMILES string of the molecule is CC(C)Oc1ccc(C(=O)Nc2ccc(C(=O)O)cc2)cc1. The Labute approximate surface area is 128 Å². The van der Waals surface area contributed by atoms with Gasteiger partial charge in [-0.05, 0) is 62.4 Å². The van der Waals surface area contributed by atoms with E-state index in [2.05, 4.69) is 5.32 Å². The molecule has 0 aliphatic heterocycles. The highest BCUT2D eigenvalue weighted by Gasteiger charge is 2.08. The average molecular weight is 299 g/mol. The van der Waals surface area contributed by atoms with Crippen LogP contribution < -0.4 is 10.1 Å². The van der Waals surface area contributed by atoms with Gasteiger partial charge in [0.15, 0.2) is 0 Å². The van der Waals surface area contributed by atoms with Gasteiger partial charge in [0.25, 0.3) is 5.91 Å². The van der Waals surface area contributed by atoms with Crippen LogP contribution in [-0.2, 0) is 0 Å². The van der Waals surface area contributed by atoms with Crippen LogP contribution in [0.4, 0.5) is 5.69 Å². The lowest BCUT2D eigenvalue weighted by Crippen LogP contribution is -2.12. The third kappa shape index (κ3) is 4.09. The molecule has 0 bridgehead atoms. The highest BCUT2D eigenvalue weighted by molar-refractivity contribution is 6.04. The minimum atomic E-state index is -1.00. The Morgan fingerprint density at radius 1 is 0.955 bits per heavy atom. The number of benzene rings is 2. The van der Waals surface area contributed by atoms with Crippen molar-refractivity contribution in [2.24, 2.45) is 0 Å². The standard InChI is InChI=1S/C17H17NO4/c1-11(2)22-15-9-5-12(6-10-15)16(19)18-14-7-3-13(4-8-14)17(20)21/h3-11H,1-2H3,(H,18,19)(H,20,21). The van der Waals surface area contributed by atoms with Crippen molar-refractivity contribution in [3.05, 3.63) is 59.7 Å². The maximum Gasteiger partial charge on any atom is 0.335 e. The predicted octanol–water partition coefficient (Wildman–Crippen LogP) is 3.42. The summed E-state index contributed by atoms with van der Waals surface area (Å²) in [6, 6.07) is 12.8. The third-order valence-corrected chi connectivity index (χ3v) is 2.88. The van der Waals surface area contributed by atoms with Crippen molar-refractivity contribution in [1.82, 2.24) is 0 Å².